The van der Waals surface area contributed by atoms with E-state index in [-0.39, 0.29) is 5.75 Å². The van der Waals surface area contributed by atoms with Crippen molar-refractivity contribution in [2.45, 2.75) is 13.0 Å². The molecule has 2 aromatic heterocycles. The van der Waals surface area contributed by atoms with E-state index < -0.39 is 17.8 Å². The second kappa shape index (κ2) is 7.48. The Balaban J connectivity index is 1.51. The summed E-state index contributed by atoms with van der Waals surface area (Å²) in [4.78, 5) is 20.8. The first-order valence-corrected chi connectivity index (χ1v) is 8.72. The van der Waals surface area contributed by atoms with Gasteiger partial charge in [-0.15, -0.1) is 0 Å². The summed E-state index contributed by atoms with van der Waals surface area (Å²) in [5, 5.41) is 3.79. The zero-order valence-corrected chi connectivity index (χ0v) is 15.0. The number of carbonyl (C=O) groups is 1. The Morgan fingerprint density at radius 1 is 1.11 bits per heavy atom. The number of rotatable bonds is 5. The predicted octanol–water partition coefficient (Wildman–Crippen LogP) is 3.97. The van der Waals surface area contributed by atoms with Crippen LogP contribution in [0.3, 0.4) is 0 Å². The third kappa shape index (κ3) is 3.68. The van der Waals surface area contributed by atoms with Crippen LogP contribution in [0.5, 0.6) is 5.75 Å². The molecule has 0 unspecified atom stereocenters. The van der Waals surface area contributed by atoms with Gasteiger partial charge in [0.25, 0.3) is 5.91 Å². The molecule has 2 heterocycles. The second-order valence-corrected chi connectivity index (χ2v) is 6.21. The summed E-state index contributed by atoms with van der Waals surface area (Å²) in [6.45, 7) is 1.59. The van der Waals surface area contributed by atoms with E-state index in [1.54, 1.807) is 19.1 Å². The molecule has 4 rings (SSSR count). The van der Waals surface area contributed by atoms with Gasteiger partial charge < -0.3 is 14.6 Å². The van der Waals surface area contributed by atoms with Crippen LogP contribution in [0.25, 0.3) is 16.7 Å². The van der Waals surface area contributed by atoms with Crippen molar-refractivity contribution in [2.75, 3.05) is 5.32 Å². The molecule has 1 atom stereocenters. The average Bonchev–Trinajstić information content (AvgIpc) is 3.12. The highest BCUT2D eigenvalue weighted by molar-refractivity contribution is 5.93. The summed E-state index contributed by atoms with van der Waals surface area (Å²) >= 11 is 0. The number of aromatic nitrogens is 3. The van der Waals surface area contributed by atoms with Crippen molar-refractivity contribution in [3.05, 3.63) is 79.0 Å². The summed E-state index contributed by atoms with van der Waals surface area (Å²) in [5.41, 5.74) is 1.00. The molecule has 0 radical (unpaired) electrons. The Labute approximate surface area is 160 Å². The van der Waals surface area contributed by atoms with Gasteiger partial charge in [0.2, 0.25) is 0 Å². The number of ether oxygens (including phenoxy) is 1. The van der Waals surface area contributed by atoms with Crippen LogP contribution in [0.15, 0.2) is 73.2 Å². The fourth-order valence-corrected chi connectivity index (χ4v) is 2.86. The smallest absolute Gasteiger partial charge is 0.266 e. The van der Waals surface area contributed by atoms with Crippen LogP contribution in [0, 0.1) is 5.82 Å². The maximum absolute atomic E-state index is 13.3. The molecule has 7 heteroatoms. The van der Waals surface area contributed by atoms with E-state index in [2.05, 4.69) is 15.3 Å². The first-order chi connectivity index (χ1) is 13.6. The van der Waals surface area contributed by atoms with Crippen LogP contribution in [0.2, 0.25) is 0 Å². The Bertz CT molecular complexity index is 1140. The normalized spacial score (nSPS) is 11.9. The van der Waals surface area contributed by atoms with Gasteiger partial charge >= 0.3 is 0 Å². The third-order valence-electron chi connectivity index (χ3n) is 4.23. The largest absolute Gasteiger partial charge is 0.481 e. The molecule has 0 fully saturated rings. The fourth-order valence-electron chi connectivity index (χ4n) is 2.86. The number of benzene rings is 2. The zero-order valence-electron chi connectivity index (χ0n) is 15.0. The Kier molecular flexibility index (Phi) is 4.72. The molecule has 6 nitrogen and oxygen atoms in total. The number of anilines is 1. The SMILES string of the molecule is C[C@H](Oc1cccc(F)c1)C(=O)Nc1cc(-n2ccc3ccccc32)ncn1. The van der Waals surface area contributed by atoms with Gasteiger partial charge in [0, 0.05) is 18.3 Å². The fraction of sp³-hybridized carbons (Fsp3) is 0.0952. The number of amides is 1. The summed E-state index contributed by atoms with van der Waals surface area (Å²) in [6.07, 6.45) is 2.47. The topological polar surface area (TPSA) is 69.0 Å². The standard InChI is InChI=1S/C21H17FN4O2/c1-14(28-17-7-4-6-16(22)11-17)21(27)25-19-12-20(24-13-23-19)26-10-9-15-5-2-3-8-18(15)26/h2-14H,1H3,(H,23,24,25,27)/t14-/m0/s1. The Morgan fingerprint density at radius 3 is 2.82 bits per heavy atom. The lowest BCUT2D eigenvalue weighted by Gasteiger charge is -2.14. The molecule has 0 saturated heterocycles. The summed E-state index contributed by atoms with van der Waals surface area (Å²) in [5.74, 6) is 0.438. The van der Waals surface area contributed by atoms with Crippen molar-refractivity contribution in [1.29, 1.82) is 0 Å². The number of nitrogens with zero attached hydrogens (tertiary/aromatic N) is 3. The minimum absolute atomic E-state index is 0.282. The van der Waals surface area contributed by atoms with Gasteiger partial charge in [0.15, 0.2) is 6.10 Å². The molecule has 140 valence electrons. The number of carbonyl (C=O) groups excluding carboxylic acids is 1. The molecule has 0 aliphatic rings. The molecular formula is C21H17FN4O2. The molecule has 0 aliphatic heterocycles. The van der Waals surface area contributed by atoms with Crippen molar-refractivity contribution in [3.8, 4) is 11.6 Å². The lowest BCUT2D eigenvalue weighted by Crippen LogP contribution is -2.30. The highest BCUT2D eigenvalue weighted by Gasteiger charge is 2.16. The van der Waals surface area contributed by atoms with Crippen molar-refractivity contribution >= 4 is 22.6 Å². The van der Waals surface area contributed by atoms with Gasteiger partial charge in [0.1, 0.15) is 29.5 Å². The van der Waals surface area contributed by atoms with Crippen molar-refractivity contribution in [1.82, 2.24) is 14.5 Å². The molecule has 0 bridgehead atoms. The van der Waals surface area contributed by atoms with E-state index in [4.69, 9.17) is 4.74 Å². The number of halogens is 1. The molecule has 0 spiro atoms. The van der Waals surface area contributed by atoms with Gasteiger partial charge in [-0.25, -0.2) is 14.4 Å². The van der Waals surface area contributed by atoms with Gasteiger partial charge in [-0.3, -0.25) is 4.79 Å². The number of para-hydroxylation sites is 1. The highest BCUT2D eigenvalue weighted by Crippen LogP contribution is 2.20. The molecule has 0 aliphatic carbocycles. The number of nitrogens with one attached hydrogen (secondary N) is 1. The summed E-state index contributed by atoms with van der Waals surface area (Å²) in [6, 6.07) is 17.2. The predicted molar refractivity (Wildman–Crippen MR) is 104 cm³/mol. The summed E-state index contributed by atoms with van der Waals surface area (Å²) in [7, 11) is 0. The van der Waals surface area contributed by atoms with E-state index in [9.17, 15) is 9.18 Å². The first kappa shape index (κ1) is 17.7. The molecule has 0 saturated carbocycles. The van der Waals surface area contributed by atoms with Crippen molar-refractivity contribution in [3.63, 3.8) is 0 Å². The Morgan fingerprint density at radius 2 is 1.96 bits per heavy atom. The Hall–Kier alpha value is -3.74. The maximum Gasteiger partial charge on any atom is 0.266 e. The molecule has 1 N–H and O–H groups in total. The minimum Gasteiger partial charge on any atom is -0.481 e. The monoisotopic (exact) mass is 376 g/mol. The minimum atomic E-state index is -0.826. The molecular weight excluding hydrogens is 359 g/mol. The average molecular weight is 376 g/mol. The van der Waals surface area contributed by atoms with Crippen molar-refractivity contribution < 1.29 is 13.9 Å². The van der Waals surface area contributed by atoms with Crippen LogP contribution in [0.1, 0.15) is 6.92 Å². The van der Waals surface area contributed by atoms with E-state index in [1.165, 1.54) is 24.5 Å². The van der Waals surface area contributed by atoms with E-state index >= 15 is 0 Å². The van der Waals surface area contributed by atoms with Gasteiger partial charge in [0.05, 0.1) is 5.52 Å². The molecule has 2 aromatic carbocycles. The lowest BCUT2D eigenvalue weighted by atomic mass is 10.2. The zero-order chi connectivity index (χ0) is 19.5. The van der Waals surface area contributed by atoms with Gasteiger partial charge in [-0.05, 0) is 36.6 Å². The van der Waals surface area contributed by atoms with E-state index in [0.29, 0.717) is 11.6 Å². The maximum atomic E-state index is 13.3. The molecule has 4 aromatic rings. The lowest BCUT2D eigenvalue weighted by molar-refractivity contribution is -0.122. The van der Waals surface area contributed by atoms with Gasteiger partial charge in [-0.2, -0.15) is 0 Å². The van der Waals surface area contributed by atoms with Gasteiger partial charge in [-0.1, -0.05) is 24.3 Å². The van der Waals surface area contributed by atoms with Crippen LogP contribution >= 0.6 is 0 Å². The quantitative estimate of drug-likeness (QED) is 0.572. The van der Waals surface area contributed by atoms with Crippen LogP contribution in [-0.2, 0) is 4.79 Å². The van der Waals surface area contributed by atoms with Crippen LogP contribution < -0.4 is 10.1 Å². The highest BCUT2D eigenvalue weighted by atomic mass is 19.1. The van der Waals surface area contributed by atoms with Crippen LogP contribution in [0.4, 0.5) is 10.2 Å². The summed E-state index contributed by atoms with van der Waals surface area (Å²) < 4.78 is 20.7. The second-order valence-electron chi connectivity index (χ2n) is 6.21. The molecule has 28 heavy (non-hydrogen) atoms. The van der Waals surface area contributed by atoms with E-state index in [0.717, 1.165) is 10.9 Å². The number of fused-ring (bicyclic) bond motifs is 1. The van der Waals surface area contributed by atoms with Crippen molar-refractivity contribution in [2.24, 2.45) is 0 Å². The number of hydrogen-bond acceptors (Lipinski definition) is 4. The molecule has 1 amide bonds. The first-order valence-electron chi connectivity index (χ1n) is 8.72. The van der Waals surface area contributed by atoms with E-state index in [1.807, 2.05) is 41.1 Å². The van der Waals surface area contributed by atoms with Crippen LogP contribution in [-0.4, -0.2) is 26.5 Å². The number of hydrogen-bond donors (Lipinski definition) is 1. The third-order valence-corrected chi connectivity index (χ3v) is 4.23.